The van der Waals surface area contributed by atoms with Crippen LogP contribution < -0.4 is 10.6 Å². The molecule has 0 unspecified atom stereocenters. The highest BCUT2D eigenvalue weighted by atomic mass is 16.1. The highest BCUT2D eigenvalue weighted by molar-refractivity contribution is 5.94. The number of hydrogen-bond acceptors (Lipinski definition) is 2. The largest absolute Gasteiger partial charge is 0.349 e. The molecule has 0 spiro atoms. The summed E-state index contributed by atoms with van der Waals surface area (Å²) in [6, 6.07) is 6.36. The van der Waals surface area contributed by atoms with Crippen molar-refractivity contribution in [2.75, 3.05) is 0 Å². The molecule has 1 aliphatic carbocycles. The first kappa shape index (κ1) is 13.6. The Morgan fingerprint density at radius 1 is 1.20 bits per heavy atom. The average molecular weight is 272 g/mol. The second-order valence-electron chi connectivity index (χ2n) is 6.25. The number of carbonyl (C=O) groups is 1. The molecule has 20 heavy (non-hydrogen) atoms. The Bertz CT molecular complexity index is 492. The zero-order valence-electron chi connectivity index (χ0n) is 12.2. The molecule has 1 fully saturated rings. The van der Waals surface area contributed by atoms with E-state index < -0.39 is 0 Å². The summed E-state index contributed by atoms with van der Waals surface area (Å²) in [6.07, 6.45) is 6.50. The fourth-order valence-corrected chi connectivity index (χ4v) is 3.48. The van der Waals surface area contributed by atoms with Gasteiger partial charge in [0, 0.05) is 24.7 Å². The normalized spacial score (nSPS) is 20.4. The van der Waals surface area contributed by atoms with E-state index in [4.69, 9.17) is 0 Å². The Morgan fingerprint density at radius 3 is 2.75 bits per heavy atom. The van der Waals surface area contributed by atoms with E-state index in [-0.39, 0.29) is 11.9 Å². The summed E-state index contributed by atoms with van der Waals surface area (Å²) in [6.45, 7) is 3.97. The minimum atomic E-state index is 0.0813. The maximum atomic E-state index is 12.4. The molecule has 1 saturated carbocycles. The lowest BCUT2D eigenvalue weighted by Crippen LogP contribution is -2.38. The first-order valence-corrected chi connectivity index (χ1v) is 7.87. The molecule has 0 saturated heterocycles. The monoisotopic (exact) mass is 272 g/mol. The lowest BCUT2D eigenvalue weighted by atomic mass is 9.84. The van der Waals surface area contributed by atoms with Crippen LogP contribution in [0, 0.1) is 5.92 Å². The van der Waals surface area contributed by atoms with Crippen LogP contribution in [-0.4, -0.2) is 11.9 Å². The number of carbonyl (C=O) groups excluding carboxylic acids is 1. The predicted octanol–water partition coefficient (Wildman–Crippen LogP) is 2.99. The fourth-order valence-electron chi connectivity index (χ4n) is 3.48. The molecule has 1 aromatic rings. The van der Waals surface area contributed by atoms with E-state index in [9.17, 15) is 4.79 Å². The Hall–Kier alpha value is -1.35. The molecule has 1 aromatic carbocycles. The standard InChI is InChI=1S/C17H24N2O/c1-12(13-5-3-2-4-6-13)19-17(20)14-7-8-15-10-18-11-16(15)9-14/h7-9,12-13,18H,2-6,10-11H2,1H3,(H,19,20)/t12-/m0/s1. The van der Waals surface area contributed by atoms with Crippen LogP contribution in [0.1, 0.15) is 60.5 Å². The van der Waals surface area contributed by atoms with Gasteiger partial charge in [-0.3, -0.25) is 4.79 Å². The first-order chi connectivity index (χ1) is 9.74. The maximum Gasteiger partial charge on any atom is 0.251 e. The van der Waals surface area contributed by atoms with E-state index in [1.807, 2.05) is 12.1 Å². The minimum absolute atomic E-state index is 0.0813. The van der Waals surface area contributed by atoms with Crippen LogP contribution in [0.5, 0.6) is 0 Å². The highest BCUT2D eigenvalue weighted by Gasteiger charge is 2.22. The second kappa shape index (κ2) is 5.96. The Balaban J connectivity index is 1.63. The van der Waals surface area contributed by atoms with Crippen molar-refractivity contribution in [3.8, 4) is 0 Å². The van der Waals surface area contributed by atoms with Gasteiger partial charge in [-0.15, -0.1) is 0 Å². The molecule has 3 nitrogen and oxygen atoms in total. The third-order valence-corrected chi connectivity index (χ3v) is 4.82. The van der Waals surface area contributed by atoms with Gasteiger partial charge in [0.2, 0.25) is 0 Å². The molecule has 2 N–H and O–H groups in total. The minimum Gasteiger partial charge on any atom is -0.349 e. The number of amides is 1. The quantitative estimate of drug-likeness (QED) is 0.888. The van der Waals surface area contributed by atoms with Gasteiger partial charge < -0.3 is 10.6 Å². The molecular formula is C17H24N2O. The summed E-state index contributed by atoms with van der Waals surface area (Å²) in [4.78, 5) is 12.4. The number of fused-ring (bicyclic) bond motifs is 1. The molecule has 3 rings (SSSR count). The van der Waals surface area contributed by atoms with Gasteiger partial charge in [0.15, 0.2) is 0 Å². The van der Waals surface area contributed by atoms with Crippen molar-refractivity contribution in [3.05, 3.63) is 34.9 Å². The summed E-state index contributed by atoms with van der Waals surface area (Å²) in [7, 11) is 0. The Labute approximate surface area is 121 Å². The van der Waals surface area contributed by atoms with Gasteiger partial charge in [0.25, 0.3) is 5.91 Å². The lowest BCUT2D eigenvalue weighted by molar-refractivity contribution is 0.0919. The third kappa shape index (κ3) is 2.88. The summed E-state index contributed by atoms with van der Waals surface area (Å²) >= 11 is 0. The van der Waals surface area contributed by atoms with Crippen LogP contribution in [0.2, 0.25) is 0 Å². The van der Waals surface area contributed by atoms with Crippen molar-refractivity contribution in [3.63, 3.8) is 0 Å². The molecule has 108 valence electrons. The Morgan fingerprint density at radius 2 is 1.95 bits per heavy atom. The van der Waals surface area contributed by atoms with Gasteiger partial charge in [0.1, 0.15) is 0 Å². The molecule has 0 bridgehead atoms. The maximum absolute atomic E-state index is 12.4. The molecule has 2 aliphatic rings. The zero-order chi connectivity index (χ0) is 13.9. The van der Waals surface area contributed by atoms with Crippen molar-refractivity contribution < 1.29 is 4.79 Å². The second-order valence-corrected chi connectivity index (χ2v) is 6.25. The molecule has 1 aliphatic heterocycles. The van der Waals surface area contributed by atoms with Gasteiger partial charge in [0.05, 0.1) is 0 Å². The van der Waals surface area contributed by atoms with E-state index in [1.54, 1.807) is 0 Å². The van der Waals surface area contributed by atoms with Gasteiger partial charge in [-0.1, -0.05) is 25.3 Å². The van der Waals surface area contributed by atoms with Crippen molar-refractivity contribution in [1.29, 1.82) is 0 Å². The molecule has 1 amide bonds. The van der Waals surface area contributed by atoms with Crippen LogP contribution in [0.3, 0.4) is 0 Å². The van der Waals surface area contributed by atoms with Crippen LogP contribution in [0.25, 0.3) is 0 Å². The number of nitrogens with one attached hydrogen (secondary N) is 2. The zero-order valence-corrected chi connectivity index (χ0v) is 12.2. The molecule has 1 heterocycles. The number of benzene rings is 1. The van der Waals surface area contributed by atoms with Gasteiger partial charge in [-0.05, 0) is 48.9 Å². The van der Waals surface area contributed by atoms with Crippen LogP contribution >= 0.6 is 0 Å². The van der Waals surface area contributed by atoms with E-state index in [0.29, 0.717) is 5.92 Å². The summed E-state index contributed by atoms with van der Waals surface area (Å²) in [5.41, 5.74) is 3.39. The summed E-state index contributed by atoms with van der Waals surface area (Å²) < 4.78 is 0. The number of rotatable bonds is 3. The molecular weight excluding hydrogens is 248 g/mol. The number of hydrogen-bond donors (Lipinski definition) is 2. The van der Waals surface area contributed by atoms with Gasteiger partial charge in [-0.2, -0.15) is 0 Å². The smallest absolute Gasteiger partial charge is 0.251 e. The topological polar surface area (TPSA) is 41.1 Å². The first-order valence-electron chi connectivity index (χ1n) is 7.87. The molecule has 1 atom stereocenters. The van der Waals surface area contributed by atoms with E-state index in [0.717, 1.165) is 18.7 Å². The van der Waals surface area contributed by atoms with Crippen molar-refractivity contribution in [1.82, 2.24) is 10.6 Å². The molecule has 0 radical (unpaired) electrons. The summed E-state index contributed by atoms with van der Waals surface area (Å²) in [5, 5.41) is 6.51. The van der Waals surface area contributed by atoms with Gasteiger partial charge in [-0.25, -0.2) is 0 Å². The van der Waals surface area contributed by atoms with Crippen LogP contribution in [0.4, 0.5) is 0 Å². The molecule has 3 heteroatoms. The van der Waals surface area contributed by atoms with Crippen LogP contribution in [-0.2, 0) is 13.1 Å². The fraction of sp³-hybridized carbons (Fsp3) is 0.588. The van der Waals surface area contributed by atoms with Crippen molar-refractivity contribution in [2.45, 2.75) is 58.2 Å². The van der Waals surface area contributed by atoms with E-state index in [2.05, 4.69) is 23.6 Å². The van der Waals surface area contributed by atoms with Crippen molar-refractivity contribution in [2.24, 2.45) is 5.92 Å². The predicted molar refractivity (Wildman–Crippen MR) is 80.5 cm³/mol. The lowest BCUT2D eigenvalue weighted by Gasteiger charge is -2.28. The molecule has 0 aromatic heterocycles. The van der Waals surface area contributed by atoms with Crippen molar-refractivity contribution >= 4 is 5.91 Å². The van der Waals surface area contributed by atoms with E-state index >= 15 is 0 Å². The third-order valence-electron chi connectivity index (χ3n) is 4.82. The Kier molecular flexibility index (Phi) is 4.06. The van der Waals surface area contributed by atoms with E-state index in [1.165, 1.54) is 43.2 Å². The SMILES string of the molecule is C[C@H](NC(=O)c1ccc2c(c1)CNC2)C1CCCCC1. The summed E-state index contributed by atoms with van der Waals surface area (Å²) in [5.74, 6) is 0.738. The van der Waals surface area contributed by atoms with Gasteiger partial charge >= 0.3 is 0 Å². The van der Waals surface area contributed by atoms with Crippen LogP contribution in [0.15, 0.2) is 18.2 Å². The average Bonchev–Trinajstić information content (AvgIpc) is 2.95. The highest BCUT2D eigenvalue weighted by Crippen LogP contribution is 2.26.